The van der Waals surface area contributed by atoms with Gasteiger partial charge >= 0.3 is 0 Å². The van der Waals surface area contributed by atoms with Crippen molar-refractivity contribution in [2.45, 2.75) is 25.7 Å². The van der Waals surface area contributed by atoms with Crippen LogP contribution in [0, 0.1) is 21.8 Å². The Bertz CT molecular complexity index is 632. The molecule has 1 aromatic rings. The number of nitrogens with one attached hydrogen (secondary N) is 2. The summed E-state index contributed by atoms with van der Waals surface area (Å²) in [4.78, 5) is 9.35. The average Bonchev–Trinajstić information content (AvgIpc) is 2.36. The van der Waals surface area contributed by atoms with E-state index in [0.717, 1.165) is 6.07 Å². The SMILES string of the molecule is CCNc1cc([N+](=O)[O-])cc(F)c1S(=O)(=O)NCC(C)C. The van der Waals surface area contributed by atoms with Gasteiger partial charge in [0, 0.05) is 19.2 Å². The molecular weight excluding hydrogens is 301 g/mol. The lowest BCUT2D eigenvalue weighted by atomic mass is 10.2. The minimum atomic E-state index is -4.09. The molecule has 0 amide bonds. The molecule has 0 bridgehead atoms. The van der Waals surface area contributed by atoms with Crippen molar-refractivity contribution in [1.29, 1.82) is 0 Å². The first-order chi connectivity index (χ1) is 9.69. The number of benzene rings is 1. The van der Waals surface area contributed by atoms with Gasteiger partial charge in [-0.1, -0.05) is 13.8 Å². The molecule has 0 atom stereocenters. The van der Waals surface area contributed by atoms with E-state index in [-0.39, 0.29) is 18.2 Å². The zero-order valence-corrected chi connectivity index (χ0v) is 12.8. The fourth-order valence-corrected chi connectivity index (χ4v) is 3.06. The largest absolute Gasteiger partial charge is 0.384 e. The number of sulfonamides is 1. The summed E-state index contributed by atoms with van der Waals surface area (Å²) in [5.74, 6) is -1.11. The molecule has 0 fully saturated rings. The molecule has 0 radical (unpaired) electrons. The predicted octanol–water partition coefficient (Wildman–Crippen LogP) is 2.10. The van der Waals surface area contributed by atoms with Gasteiger partial charge < -0.3 is 5.32 Å². The summed E-state index contributed by atoms with van der Waals surface area (Å²) in [6, 6.07) is 1.61. The highest BCUT2D eigenvalue weighted by molar-refractivity contribution is 7.89. The Morgan fingerprint density at radius 2 is 2.00 bits per heavy atom. The van der Waals surface area contributed by atoms with Crippen molar-refractivity contribution in [3.05, 3.63) is 28.1 Å². The highest BCUT2D eigenvalue weighted by Gasteiger charge is 2.26. The van der Waals surface area contributed by atoms with E-state index >= 15 is 0 Å². The number of nitro groups is 1. The molecule has 0 aliphatic heterocycles. The molecule has 0 heterocycles. The minimum absolute atomic E-state index is 0.0449. The smallest absolute Gasteiger partial charge is 0.274 e. The number of hydrogen-bond donors (Lipinski definition) is 2. The van der Waals surface area contributed by atoms with Crippen LogP contribution in [0.1, 0.15) is 20.8 Å². The Labute approximate surface area is 122 Å². The van der Waals surface area contributed by atoms with Crippen molar-refractivity contribution >= 4 is 21.4 Å². The molecule has 21 heavy (non-hydrogen) atoms. The molecule has 0 unspecified atom stereocenters. The highest BCUT2D eigenvalue weighted by Crippen LogP contribution is 2.29. The molecule has 0 spiro atoms. The van der Waals surface area contributed by atoms with Crippen LogP contribution in [-0.2, 0) is 10.0 Å². The molecule has 2 N–H and O–H groups in total. The third-order valence-electron chi connectivity index (χ3n) is 2.56. The lowest BCUT2D eigenvalue weighted by Crippen LogP contribution is -2.29. The van der Waals surface area contributed by atoms with Crippen molar-refractivity contribution in [3.63, 3.8) is 0 Å². The van der Waals surface area contributed by atoms with E-state index in [9.17, 15) is 22.9 Å². The topological polar surface area (TPSA) is 101 Å². The minimum Gasteiger partial charge on any atom is -0.384 e. The van der Waals surface area contributed by atoms with E-state index in [4.69, 9.17) is 0 Å². The molecule has 0 aliphatic carbocycles. The van der Waals surface area contributed by atoms with Crippen LogP contribution in [-0.4, -0.2) is 26.4 Å². The number of halogens is 1. The Balaban J connectivity index is 3.36. The summed E-state index contributed by atoms with van der Waals surface area (Å²) in [5.41, 5.74) is -0.633. The van der Waals surface area contributed by atoms with Crippen LogP contribution in [0.25, 0.3) is 0 Å². The van der Waals surface area contributed by atoms with Gasteiger partial charge in [0.25, 0.3) is 5.69 Å². The van der Waals surface area contributed by atoms with Gasteiger partial charge in [0.2, 0.25) is 10.0 Å². The monoisotopic (exact) mass is 319 g/mol. The number of anilines is 1. The molecule has 9 heteroatoms. The first-order valence-electron chi connectivity index (χ1n) is 6.40. The van der Waals surface area contributed by atoms with Crippen molar-refractivity contribution in [2.24, 2.45) is 5.92 Å². The lowest BCUT2D eigenvalue weighted by Gasteiger charge is -2.14. The first-order valence-corrected chi connectivity index (χ1v) is 7.88. The number of rotatable bonds is 7. The summed E-state index contributed by atoms with van der Waals surface area (Å²) in [6.45, 7) is 5.73. The summed E-state index contributed by atoms with van der Waals surface area (Å²) >= 11 is 0. The molecular formula is C12H18FN3O4S. The summed E-state index contributed by atoms with van der Waals surface area (Å²) in [5, 5.41) is 13.4. The third-order valence-corrected chi connectivity index (χ3v) is 4.06. The molecule has 0 saturated carbocycles. The van der Waals surface area contributed by atoms with E-state index in [1.807, 2.05) is 0 Å². The van der Waals surface area contributed by atoms with Crippen LogP contribution < -0.4 is 10.0 Å². The fourth-order valence-electron chi connectivity index (χ4n) is 1.63. The van der Waals surface area contributed by atoms with Gasteiger partial charge in [-0.25, -0.2) is 17.5 Å². The van der Waals surface area contributed by atoms with E-state index in [1.54, 1.807) is 20.8 Å². The van der Waals surface area contributed by atoms with Crippen molar-refractivity contribution in [2.75, 3.05) is 18.4 Å². The second kappa shape index (κ2) is 6.81. The van der Waals surface area contributed by atoms with Crippen LogP contribution in [0.2, 0.25) is 0 Å². The van der Waals surface area contributed by atoms with Gasteiger partial charge in [0.1, 0.15) is 4.90 Å². The van der Waals surface area contributed by atoms with E-state index < -0.39 is 31.3 Å². The van der Waals surface area contributed by atoms with Crippen LogP contribution >= 0.6 is 0 Å². The predicted molar refractivity (Wildman–Crippen MR) is 77.2 cm³/mol. The van der Waals surface area contributed by atoms with Gasteiger partial charge in [-0.2, -0.15) is 0 Å². The number of nitrogens with zero attached hydrogens (tertiary/aromatic N) is 1. The number of non-ortho nitro benzene ring substituents is 1. The molecule has 0 saturated heterocycles. The maximum atomic E-state index is 14.1. The number of hydrogen-bond acceptors (Lipinski definition) is 5. The Hall–Kier alpha value is -1.74. The third kappa shape index (κ3) is 4.36. The Kier molecular flexibility index (Phi) is 5.62. The maximum absolute atomic E-state index is 14.1. The van der Waals surface area contributed by atoms with Crippen molar-refractivity contribution in [3.8, 4) is 0 Å². The zero-order chi connectivity index (χ0) is 16.2. The maximum Gasteiger partial charge on any atom is 0.274 e. The van der Waals surface area contributed by atoms with Gasteiger partial charge in [-0.15, -0.1) is 0 Å². The van der Waals surface area contributed by atoms with Crippen LogP contribution in [0.4, 0.5) is 15.8 Å². The highest BCUT2D eigenvalue weighted by atomic mass is 32.2. The summed E-state index contributed by atoms with van der Waals surface area (Å²) < 4.78 is 40.7. The van der Waals surface area contributed by atoms with E-state index in [0.29, 0.717) is 12.6 Å². The molecule has 1 rings (SSSR count). The van der Waals surface area contributed by atoms with E-state index in [1.165, 1.54) is 0 Å². The zero-order valence-electron chi connectivity index (χ0n) is 12.0. The molecule has 0 aliphatic rings. The fraction of sp³-hybridized carbons (Fsp3) is 0.500. The van der Waals surface area contributed by atoms with E-state index in [2.05, 4.69) is 10.0 Å². The van der Waals surface area contributed by atoms with Gasteiger partial charge in [-0.3, -0.25) is 10.1 Å². The Morgan fingerprint density at radius 1 is 1.38 bits per heavy atom. The Morgan fingerprint density at radius 3 is 2.48 bits per heavy atom. The van der Waals surface area contributed by atoms with Gasteiger partial charge in [0.15, 0.2) is 5.82 Å². The van der Waals surface area contributed by atoms with Crippen LogP contribution in [0.5, 0.6) is 0 Å². The second-order valence-corrected chi connectivity index (χ2v) is 6.54. The van der Waals surface area contributed by atoms with Crippen LogP contribution in [0.15, 0.2) is 17.0 Å². The van der Waals surface area contributed by atoms with Crippen LogP contribution in [0.3, 0.4) is 0 Å². The number of nitro benzene ring substituents is 1. The van der Waals surface area contributed by atoms with Crippen molar-refractivity contribution < 1.29 is 17.7 Å². The second-order valence-electron chi connectivity index (χ2n) is 4.84. The standard InChI is InChI=1S/C12H18FN3O4S/c1-4-14-11-6-9(16(17)18)5-10(13)12(11)21(19,20)15-7-8(2)3/h5-6,8,14-15H,4,7H2,1-3H3. The van der Waals surface area contributed by atoms with Gasteiger partial charge in [-0.05, 0) is 12.8 Å². The molecule has 0 aromatic heterocycles. The molecule has 1 aromatic carbocycles. The lowest BCUT2D eigenvalue weighted by molar-refractivity contribution is -0.385. The normalized spacial score (nSPS) is 11.7. The van der Waals surface area contributed by atoms with Gasteiger partial charge in [0.05, 0.1) is 16.7 Å². The van der Waals surface area contributed by atoms with Crippen molar-refractivity contribution in [1.82, 2.24) is 4.72 Å². The summed E-state index contributed by atoms with van der Waals surface area (Å²) in [7, 11) is -4.09. The summed E-state index contributed by atoms with van der Waals surface area (Å²) in [6.07, 6.45) is 0. The quantitative estimate of drug-likeness (QED) is 0.592. The first kappa shape index (κ1) is 17.3. The molecule has 7 nitrogen and oxygen atoms in total. The molecule has 118 valence electrons. The average molecular weight is 319 g/mol.